The molecule has 1 aliphatic rings. The Balaban J connectivity index is 1.72. The van der Waals surface area contributed by atoms with Crippen LogP contribution >= 0.6 is 11.3 Å². The number of carbonyl (C=O) groups excluding carboxylic acids is 2. The van der Waals surface area contributed by atoms with Gasteiger partial charge in [0.15, 0.2) is 6.10 Å². The molecule has 2 heterocycles. The van der Waals surface area contributed by atoms with E-state index in [-0.39, 0.29) is 18.4 Å². The van der Waals surface area contributed by atoms with Gasteiger partial charge in [-0.25, -0.2) is 0 Å². The molecule has 2 amide bonds. The Morgan fingerprint density at radius 1 is 1.36 bits per heavy atom. The van der Waals surface area contributed by atoms with Crippen LogP contribution in [0.3, 0.4) is 0 Å². The van der Waals surface area contributed by atoms with Crippen LogP contribution in [-0.4, -0.2) is 34.7 Å². The molecule has 1 N–H and O–H groups in total. The van der Waals surface area contributed by atoms with Gasteiger partial charge in [-0.2, -0.15) is 0 Å². The number of anilines is 2. The van der Waals surface area contributed by atoms with Crippen LogP contribution in [-0.2, 0) is 16.0 Å². The van der Waals surface area contributed by atoms with Crippen molar-refractivity contribution in [3.63, 3.8) is 0 Å². The van der Waals surface area contributed by atoms with Crippen molar-refractivity contribution in [1.29, 1.82) is 0 Å². The lowest BCUT2D eigenvalue weighted by Crippen LogP contribution is -2.48. The fourth-order valence-corrected chi connectivity index (χ4v) is 3.55. The number of hydrogen-bond donors (Lipinski definition) is 1. The number of aromatic nitrogens is 2. The summed E-state index contributed by atoms with van der Waals surface area (Å²) in [5, 5.41) is 12.1. The Labute approximate surface area is 150 Å². The van der Waals surface area contributed by atoms with Crippen LogP contribution in [0.1, 0.15) is 25.8 Å². The van der Waals surface area contributed by atoms with Gasteiger partial charge < -0.3 is 9.64 Å². The van der Waals surface area contributed by atoms with Gasteiger partial charge in [0.1, 0.15) is 10.8 Å². The van der Waals surface area contributed by atoms with E-state index in [1.807, 2.05) is 6.07 Å². The molecule has 1 aromatic heterocycles. The number of nitrogens with zero attached hydrogens (tertiary/aromatic N) is 3. The zero-order chi connectivity index (χ0) is 18.0. The Morgan fingerprint density at radius 3 is 2.84 bits per heavy atom. The van der Waals surface area contributed by atoms with Crippen LogP contribution in [0.4, 0.5) is 10.8 Å². The van der Waals surface area contributed by atoms with Gasteiger partial charge in [-0.1, -0.05) is 37.3 Å². The molecular formula is C17H20N4O3S. The number of nitrogens with one attached hydrogen (secondary N) is 1. The van der Waals surface area contributed by atoms with Gasteiger partial charge in [0.2, 0.25) is 11.0 Å². The molecule has 0 bridgehead atoms. The summed E-state index contributed by atoms with van der Waals surface area (Å²) in [5.74, 6) is 0.511. The van der Waals surface area contributed by atoms with Gasteiger partial charge in [-0.3, -0.25) is 14.9 Å². The number of carbonyl (C=O) groups is 2. The highest BCUT2D eigenvalue weighted by Gasteiger charge is 2.32. The monoisotopic (exact) mass is 360 g/mol. The minimum absolute atomic E-state index is 0.135. The fraction of sp³-hybridized carbons (Fsp3) is 0.412. The van der Waals surface area contributed by atoms with Crippen molar-refractivity contribution in [3.8, 4) is 5.75 Å². The number of hydrogen-bond acceptors (Lipinski definition) is 6. The van der Waals surface area contributed by atoms with E-state index in [4.69, 9.17) is 4.74 Å². The second-order valence-electron chi connectivity index (χ2n) is 6.29. The van der Waals surface area contributed by atoms with E-state index >= 15 is 0 Å². The van der Waals surface area contributed by atoms with Crippen LogP contribution in [0.5, 0.6) is 5.75 Å². The molecule has 0 saturated carbocycles. The molecule has 0 spiro atoms. The molecule has 1 aliphatic heterocycles. The average molecular weight is 360 g/mol. The molecule has 3 rings (SSSR count). The lowest BCUT2D eigenvalue weighted by atomic mass is 10.1. The standard InChI is InChI=1S/C17H20N4O3S/c1-10(2)8-15-19-20-17(25-15)18-16(23)14-9-21(11(3)22)12-6-4-5-7-13(12)24-14/h4-7,10,14H,8-9H2,1-3H3,(H,18,20,23)/t14-/m1/s1. The summed E-state index contributed by atoms with van der Waals surface area (Å²) in [5.41, 5.74) is 0.675. The minimum Gasteiger partial charge on any atom is -0.476 e. The van der Waals surface area contributed by atoms with Gasteiger partial charge in [-0.05, 0) is 18.1 Å². The number of rotatable bonds is 4. The molecule has 8 heteroatoms. The molecule has 0 aliphatic carbocycles. The first-order chi connectivity index (χ1) is 11.9. The minimum atomic E-state index is -0.795. The molecule has 1 aromatic carbocycles. The first-order valence-corrected chi connectivity index (χ1v) is 8.92. The molecule has 132 valence electrons. The summed E-state index contributed by atoms with van der Waals surface area (Å²) in [6, 6.07) is 7.18. The van der Waals surface area contributed by atoms with Crippen LogP contribution in [0.2, 0.25) is 0 Å². The van der Waals surface area contributed by atoms with Gasteiger partial charge in [0.05, 0.1) is 12.2 Å². The van der Waals surface area contributed by atoms with Crippen LogP contribution in [0.15, 0.2) is 24.3 Å². The van der Waals surface area contributed by atoms with Crippen molar-refractivity contribution < 1.29 is 14.3 Å². The number of fused-ring (bicyclic) bond motifs is 1. The maximum atomic E-state index is 12.5. The molecule has 0 radical (unpaired) electrons. The molecule has 0 fully saturated rings. The summed E-state index contributed by atoms with van der Waals surface area (Å²) >= 11 is 1.36. The summed E-state index contributed by atoms with van der Waals surface area (Å²) in [7, 11) is 0. The molecule has 0 unspecified atom stereocenters. The maximum absolute atomic E-state index is 12.5. The van der Waals surface area contributed by atoms with Crippen LogP contribution < -0.4 is 15.0 Å². The highest BCUT2D eigenvalue weighted by atomic mass is 32.1. The Hall–Kier alpha value is -2.48. The number of benzene rings is 1. The van der Waals surface area contributed by atoms with E-state index in [2.05, 4.69) is 29.4 Å². The van der Waals surface area contributed by atoms with Crippen LogP contribution in [0.25, 0.3) is 0 Å². The lowest BCUT2D eigenvalue weighted by molar-refractivity contribution is -0.123. The third-order valence-corrected chi connectivity index (χ3v) is 4.59. The van der Waals surface area contributed by atoms with Crippen molar-refractivity contribution >= 4 is 34.0 Å². The van der Waals surface area contributed by atoms with Crippen LogP contribution in [0, 0.1) is 5.92 Å². The van der Waals surface area contributed by atoms with Crippen molar-refractivity contribution in [1.82, 2.24) is 10.2 Å². The molecule has 7 nitrogen and oxygen atoms in total. The Bertz CT molecular complexity index is 790. The van der Waals surface area contributed by atoms with E-state index in [0.29, 0.717) is 22.5 Å². The molecule has 25 heavy (non-hydrogen) atoms. The van der Waals surface area contributed by atoms with Gasteiger partial charge >= 0.3 is 0 Å². The Kier molecular flexibility index (Phi) is 4.98. The number of ether oxygens (including phenoxy) is 1. The maximum Gasteiger partial charge on any atom is 0.269 e. The molecule has 1 atom stereocenters. The highest BCUT2D eigenvalue weighted by molar-refractivity contribution is 7.15. The third kappa shape index (κ3) is 3.96. The second-order valence-corrected chi connectivity index (χ2v) is 7.35. The molecule has 0 saturated heterocycles. The fourth-order valence-electron chi connectivity index (χ4n) is 2.59. The lowest BCUT2D eigenvalue weighted by Gasteiger charge is -2.33. The van der Waals surface area contributed by atoms with Gasteiger partial charge in [0.25, 0.3) is 5.91 Å². The van der Waals surface area contributed by atoms with Crippen molar-refractivity contribution in [2.45, 2.75) is 33.3 Å². The van der Waals surface area contributed by atoms with E-state index in [1.165, 1.54) is 18.3 Å². The predicted octanol–water partition coefficient (Wildman–Crippen LogP) is 2.49. The van der Waals surface area contributed by atoms with Gasteiger partial charge in [-0.15, -0.1) is 10.2 Å². The molecular weight excluding hydrogens is 340 g/mol. The van der Waals surface area contributed by atoms with E-state index in [0.717, 1.165) is 11.4 Å². The molecule has 2 aromatic rings. The van der Waals surface area contributed by atoms with E-state index in [1.54, 1.807) is 23.1 Å². The van der Waals surface area contributed by atoms with Crippen molar-refractivity contribution in [2.75, 3.05) is 16.8 Å². The number of para-hydroxylation sites is 2. The zero-order valence-electron chi connectivity index (χ0n) is 14.4. The smallest absolute Gasteiger partial charge is 0.269 e. The van der Waals surface area contributed by atoms with Gasteiger partial charge in [0, 0.05) is 13.3 Å². The first-order valence-electron chi connectivity index (χ1n) is 8.11. The topological polar surface area (TPSA) is 84.4 Å². The summed E-state index contributed by atoms with van der Waals surface area (Å²) < 4.78 is 5.77. The Morgan fingerprint density at radius 2 is 2.12 bits per heavy atom. The third-order valence-electron chi connectivity index (χ3n) is 3.73. The van der Waals surface area contributed by atoms with Crippen molar-refractivity contribution in [2.24, 2.45) is 5.92 Å². The number of amides is 2. The second kappa shape index (κ2) is 7.18. The van der Waals surface area contributed by atoms with Crippen molar-refractivity contribution in [3.05, 3.63) is 29.3 Å². The predicted molar refractivity (Wildman–Crippen MR) is 96.0 cm³/mol. The zero-order valence-corrected chi connectivity index (χ0v) is 15.2. The highest BCUT2D eigenvalue weighted by Crippen LogP contribution is 2.33. The average Bonchev–Trinajstić information content (AvgIpc) is 2.99. The SMILES string of the molecule is CC(=O)N1C[C@H](C(=O)Nc2nnc(CC(C)C)s2)Oc2ccccc21. The van der Waals surface area contributed by atoms with E-state index in [9.17, 15) is 9.59 Å². The first kappa shape index (κ1) is 17.3. The summed E-state index contributed by atoms with van der Waals surface area (Å²) in [6.45, 7) is 5.84. The van der Waals surface area contributed by atoms with E-state index < -0.39 is 6.10 Å². The summed E-state index contributed by atoms with van der Waals surface area (Å²) in [6.07, 6.45) is 0.0233. The normalized spacial score (nSPS) is 16.3. The quantitative estimate of drug-likeness (QED) is 0.905. The largest absolute Gasteiger partial charge is 0.476 e. The summed E-state index contributed by atoms with van der Waals surface area (Å²) in [4.78, 5) is 26.0.